The lowest BCUT2D eigenvalue weighted by Gasteiger charge is -2.39. The average Bonchev–Trinajstić information content (AvgIpc) is 3.41. The Morgan fingerprint density at radius 1 is 1.00 bits per heavy atom. The van der Waals surface area contributed by atoms with Crippen LogP contribution in [0.1, 0.15) is 35.1 Å². The second-order valence-corrected chi connectivity index (χ2v) is 9.83. The van der Waals surface area contributed by atoms with Gasteiger partial charge in [0, 0.05) is 69.2 Å². The third kappa shape index (κ3) is 4.38. The summed E-state index contributed by atoms with van der Waals surface area (Å²) in [4.78, 5) is 20.1. The lowest BCUT2D eigenvalue weighted by molar-refractivity contribution is 0.0905. The molecule has 5 rings (SSSR count). The number of carbonyl (C=O) groups is 1. The average molecular weight is 455 g/mol. The molecule has 2 saturated heterocycles. The fourth-order valence-corrected chi connectivity index (χ4v) is 5.85. The number of hydrogen-bond acceptors (Lipinski definition) is 4. The topological polar surface area (TPSA) is 38.8 Å². The molecule has 0 bridgehead atoms. The van der Waals surface area contributed by atoms with Gasteiger partial charge in [0.1, 0.15) is 5.82 Å². The van der Waals surface area contributed by atoms with Crippen LogP contribution in [0.2, 0.25) is 0 Å². The van der Waals surface area contributed by atoms with E-state index in [4.69, 9.17) is 0 Å². The number of piperazine rings is 1. The van der Waals surface area contributed by atoms with E-state index in [1.165, 1.54) is 21.6 Å². The molecular formula is C25H31FN4OS. The molecule has 2 fully saturated rings. The zero-order valence-electron chi connectivity index (χ0n) is 18.6. The van der Waals surface area contributed by atoms with Crippen molar-refractivity contribution in [1.29, 1.82) is 0 Å². The molecule has 2 atom stereocenters. The van der Waals surface area contributed by atoms with Crippen molar-refractivity contribution in [3.8, 4) is 0 Å². The highest BCUT2D eigenvalue weighted by atomic mass is 32.2. The summed E-state index contributed by atoms with van der Waals surface area (Å²) in [6.07, 6.45) is 3.17. The van der Waals surface area contributed by atoms with Gasteiger partial charge in [-0.25, -0.2) is 9.18 Å². The quantitative estimate of drug-likeness (QED) is 0.675. The van der Waals surface area contributed by atoms with Crippen LogP contribution in [-0.2, 0) is 0 Å². The molecule has 2 aromatic carbocycles. The van der Waals surface area contributed by atoms with E-state index in [1.54, 1.807) is 23.9 Å². The molecular weight excluding hydrogens is 423 g/mol. The predicted molar refractivity (Wildman–Crippen MR) is 127 cm³/mol. The number of halogens is 1. The number of fused-ring (bicyclic) bond motifs is 1. The summed E-state index contributed by atoms with van der Waals surface area (Å²) in [5.41, 5.74) is 4.03. The summed E-state index contributed by atoms with van der Waals surface area (Å²) >= 11 is 1.77. The number of nitrogens with one attached hydrogen (secondary N) is 1. The second kappa shape index (κ2) is 9.41. The highest BCUT2D eigenvalue weighted by Gasteiger charge is 2.36. The molecule has 1 N–H and O–H groups in total. The molecule has 0 spiro atoms. The van der Waals surface area contributed by atoms with Crippen LogP contribution in [0.15, 0.2) is 47.4 Å². The van der Waals surface area contributed by atoms with Crippen molar-refractivity contribution < 1.29 is 9.18 Å². The van der Waals surface area contributed by atoms with E-state index < -0.39 is 0 Å². The molecule has 0 aromatic heterocycles. The van der Waals surface area contributed by atoms with Crippen LogP contribution in [-0.4, -0.2) is 79.3 Å². The number of rotatable bonds is 6. The van der Waals surface area contributed by atoms with Gasteiger partial charge in [-0.05, 0) is 53.6 Å². The van der Waals surface area contributed by atoms with Gasteiger partial charge < -0.3 is 10.2 Å². The van der Waals surface area contributed by atoms with E-state index in [2.05, 4.69) is 39.6 Å². The second-order valence-electron chi connectivity index (χ2n) is 8.95. The Balaban J connectivity index is 1.27. The van der Waals surface area contributed by atoms with Crippen LogP contribution in [0, 0.1) is 5.82 Å². The third-order valence-corrected chi connectivity index (χ3v) is 7.96. The summed E-state index contributed by atoms with van der Waals surface area (Å²) in [5.74, 6) is 0.137. The van der Waals surface area contributed by atoms with Gasteiger partial charge in [-0.3, -0.25) is 9.80 Å². The molecule has 0 radical (unpaired) electrons. The number of thioether (sulfide) groups is 1. The van der Waals surface area contributed by atoms with Crippen molar-refractivity contribution in [3.63, 3.8) is 0 Å². The highest BCUT2D eigenvalue weighted by Crippen LogP contribution is 2.47. The molecule has 0 unspecified atom stereocenters. The van der Waals surface area contributed by atoms with Gasteiger partial charge in [0.2, 0.25) is 0 Å². The van der Waals surface area contributed by atoms with Crippen molar-refractivity contribution in [3.05, 3.63) is 65.0 Å². The molecule has 2 aliphatic heterocycles. The van der Waals surface area contributed by atoms with Crippen LogP contribution in [0.25, 0.3) is 0 Å². The first kappa shape index (κ1) is 21.7. The summed E-state index contributed by atoms with van der Waals surface area (Å²) < 4.78 is 13.5. The predicted octanol–water partition coefficient (Wildman–Crippen LogP) is 3.77. The van der Waals surface area contributed by atoms with Crippen molar-refractivity contribution in [2.24, 2.45) is 0 Å². The number of carbonyl (C=O) groups excluding carboxylic acids is 1. The van der Waals surface area contributed by atoms with Gasteiger partial charge in [0.15, 0.2) is 0 Å². The summed E-state index contributed by atoms with van der Waals surface area (Å²) in [5, 5.41) is 2.88. The zero-order chi connectivity index (χ0) is 22.1. The van der Waals surface area contributed by atoms with Crippen molar-refractivity contribution in [1.82, 2.24) is 20.0 Å². The standard InChI is InChI=1S/C25H31FN4OS/c1-32-20-6-7-21-23(16-20)22(18-2-4-19(26)5-3-18)17-24(21)29-13-10-28(11-14-29)12-15-30-9-8-27-25(30)31/h2-7,16,22,24H,8-15,17H2,1H3,(H,27,31)/t22-,24+/m1/s1. The molecule has 3 aliphatic rings. The van der Waals surface area contributed by atoms with Gasteiger partial charge in [-0.2, -0.15) is 0 Å². The van der Waals surface area contributed by atoms with Gasteiger partial charge >= 0.3 is 6.03 Å². The number of hydrogen-bond donors (Lipinski definition) is 1. The molecule has 170 valence electrons. The van der Waals surface area contributed by atoms with Crippen molar-refractivity contribution in [2.75, 3.05) is 58.6 Å². The van der Waals surface area contributed by atoms with E-state index in [9.17, 15) is 9.18 Å². The summed E-state index contributed by atoms with van der Waals surface area (Å²) in [6, 6.07) is 14.4. The van der Waals surface area contributed by atoms with Crippen molar-refractivity contribution in [2.45, 2.75) is 23.3 Å². The third-order valence-electron chi connectivity index (χ3n) is 7.24. The van der Waals surface area contributed by atoms with E-state index in [0.29, 0.717) is 12.0 Å². The molecule has 7 heteroatoms. The number of nitrogens with zero attached hydrogens (tertiary/aromatic N) is 3. The lowest BCUT2D eigenvalue weighted by Crippen LogP contribution is -2.49. The Morgan fingerprint density at radius 2 is 1.78 bits per heavy atom. The Labute approximate surface area is 193 Å². The molecule has 5 nitrogen and oxygen atoms in total. The molecule has 2 amide bonds. The Kier molecular flexibility index (Phi) is 6.40. The zero-order valence-corrected chi connectivity index (χ0v) is 19.4. The first-order chi connectivity index (χ1) is 15.6. The van der Waals surface area contributed by atoms with Crippen LogP contribution in [0.4, 0.5) is 9.18 Å². The fraction of sp³-hybridized carbons (Fsp3) is 0.480. The highest BCUT2D eigenvalue weighted by molar-refractivity contribution is 7.98. The minimum absolute atomic E-state index is 0.0719. The van der Waals surface area contributed by atoms with Crippen molar-refractivity contribution >= 4 is 17.8 Å². The maximum absolute atomic E-state index is 13.5. The summed E-state index contributed by atoms with van der Waals surface area (Å²) in [7, 11) is 0. The SMILES string of the molecule is CSc1ccc2c(c1)[C@@H](c1ccc(F)cc1)C[C@@H]2N1CCN(CCN2CCNC2=O)CC1. The van der Waals surface area contributed by atoms with Gasteiger partial charge in [-0.1, -0.05) is 18.2 Å². The van der Waals surface area contributed by atoms with Crippen LogP contribution in [0.3, 0.4) is 0 Å². The molecule has 2 aromatic rings. The fourth-order valence-electron chi connectivity index (χ4n) is 5.40. The minimum atomic E-state index is -0.177. The van der Waals surface area contributed by atoms with Gasteiger partial charge in [0.25, 0.3) is 0 Å². The van der Waals surface area contributed by atoms with E-state index in [1.807, 2.05) is 17.0 Å². The van der Waals surface area contributed by atoms with E-state index in [0.717, 1.165) is 58.8 Å². The smallest absolute Gasteiger partial charge is 0.317 e. The largest absolute Gasteiger partial charge is 0.336 e. The minimum Gasteiger partial charge on any atom is -0.336 e. The normalized spacial score (nSPS) is 24.1. The maximum atomic E-state index is 13.5. The Morgan fingerprint density at radius 3 is 2.47 bits per heavy atom. The van der Waals surface area contributed by atoms with Crippen LogP contribution >= 0.6 is 11.8 Å². The molecule has 1 aliphatic carbocycles. The first-order valence-electron chi connectivity index (χ1n) is 11.5. The molecule has 0 saturated carbocycles. The summed E-state index contributed by atoms with van der Waals surface area (Å²) in [6.45, 7) is 7.48. The number of benzene rings is 2. The monoisotopic (exact) mass is 454 g/mol. The van der Waals surface area contributed by atoms with E-state index >= 15 is 0 Å². The number of urea groups is 1. The number of amides is 2. The first-order valence-corrected chi connectivity index (χ1v) is 12.8. The van der Waals surface area contributed by atoms with Crippen LogP contribution < -0.4 is 5.32 Å². The van der Waals surface area contributed by atoms with Gasteiger partial charge in [0.05, 0.1) is 0 Å². The van der Waals surface area contributed by atoms with Crippen LogP contribution in [0.5, 0.6) is 0 Å². The Bertz CT molecular complexity index is 961. The Hall–Kier alpha value is -2.09. The maximum Gasteiger partial charge on any atom is 0.317 e. The lowest BCUT2D eigenvalue weighted by atomic mass is 9.93. The van der Waals surface area contributed by atoms with E-state index in [-0.39, 0.29) is 11.8 Å². The molecule has 2 heterocycles. The van der Waals surface area contributed by atoms with Gasteiger partial charge in [-0.15, -0.1) is 11.8 Å². The molecule has 32 heavy (non-hydrogen) atoms.